The van der Waals surface area contributed by atoms with Crippen LogP contribution in [-0.4, -0.2) is 47.5 Å². The van der Waals surface area contributed by atoms with Crippen LogP contribution in [0.1, 0.15) is 49.3 Å². The van der Waals surface area contributed by atoms with Gasteiger partial charge in [0.25, 0.3) is 11.8 Å². The summed E-state index contributed by atoms with van der Waals surface area (Å²) in [4.78, 5) is 60.6. The minimum atomic E-state index is -1.63. The second kappa shape index (κ2) is 14.1. The first-order valence-corrected chi connectivity index (χ1v) is 19.2. The molecule has 4 amide bonds. The molecule has 8 rings (SSSR count). The lowest BCUT2D eigenvalue weighted by molar-refractivity contribution is -0.138. The lowest BCUT2D eigenvalue weighted by atomic mass is 9.49. The zero-order valence-electron chi connectivity index (χ0n) is 30.4. The molecule has 12 heteroatoms. The van der Waals surface area contributed by atoms with E-state index in [4.69, 9.17) is 32.7 Å². The van der Waals surface area contributed by atoms with Crippen LogP contribution < -0.4 is 19.8 Å². The van der Waals surface area contributed by atoms with Crippen molar-refractivity contribution in [3.8, 4) is 17.2 Å². The predicted molar refractivity (Wildman–Crippen MR) is 208 cm³/mol. The standard InChI is InChI=1S/C43H39Cl2N3O7/c1-4-23-9-14-26(15-10-23)47-39(50)29-19-18-28-31(36(29)41(47)52)22-32-40(51)48(46-34-20-13-25(44)21-33(34)45)42(53)43(32,24-11-16-27(54-3)17-12-24)37(28)30-7-6-8-35(38(30)49)55-5-2/h6-18,20-21,29,31-32,36-37,46,49H,4-5,19,22H2,1-3H3. The molecular weight excluding hydrogens is 741 g/mol. The molecule has 1 saturated carbocycles. The quantitative estimate of drug-likeness (QED) is 0.130. The van der Waals surface area contributed by atoms with Crippen molar-refractivity contribution in [2.45, 2.75) is 44.4 Å². The number of aryl methyl sites for hydroxylation is 1. The Hall–Kier alpha value is -5.32. The fraction of sp³-hybridized carbons (Fsp3) is 0.302. The van der Waals surface area contributed by atoms with Gasteiger partial charge in [-0.3, -0.25) is 29.5 Å². The Bertz CT molecular complexity index is 2260. The predicted octanol–water partition coefficient (Wildman–Crippen LogP) is 7.86. The third-order valence-corrected chi connectivity index (χ3v) is 12.4. The molecule has 0 bridgehead atoms. The smallest absolute Gasteiger partial charge is 0.260 e. The van der Waals surface area contributed by atoms with Crippen molar-refractivity contribution in [2.24, 2.45) is 23.7 Å². The van der Waals surface area contributed by atoms with Crippen LogP contribution in [0.3, 0.4) is 0 Å². The molecule has 0 spiro atoms. The summed E-state index contributed by atoms with van der Waals surface area (Å²) in [5.74, 6) is -5.28. The van der Waals surface area contributed by atoms with E-state index in [-0.39, 0.29) is 53.5 Å². The number of hydrazine groups is 1. The minimum Gasteiger partial charge on any atom is -0.504 e. The van der Waals surface area contributed by atoms with Crippen molar-refractivity contribution < 1.29 is 33.8 Å². The van der Waals surface area contributed by atoms with E-state index in [9.17, 15) is 14.7 Å². The van der Waals surface area contributed by atoms with Crippen LogP contribution >= 0.6 is 23.2 Å². The van der Waals surface area contributed by atoms with E-state index in [2.05, 4.69) is 5.43 Å². The third kappa shape index (κ3) is 5.60. The van der Waals surface area contributed by atoms with E-state index >= 15 is 9.59 Å². The van der Waals surface area contributed by atoms with Crippen molar-refractivity contribution in [2.75, 3.05) is 24.0 Å². The fourth-order valence-corrected chi connectivity index (χ4v) is 9.82. The lowest BCUT2D eigenvalue weighted by Crippen LogP contribution is -2.53. The van der Waals surface area contributed by atoms with Crippen LogP contribution in [0.4, 0.5) is 11.4 Å². The number of aromatic hydroxyl groups is 1. The number of fused-ring (bicyclic) bond motifs is 4. The molecule has 4 aromatic rings. The maximum atomic E-state index is 15.5. The average Bonchev–Trinajstić information content (AvgIpc) is 3.57. The zero-order valence-corrected chi connectivity index (χ0v) is 31.9. The minimum absolute atomic E-state index is 0.0835. The third-order valence-electron chi connectivity index (χ3n) is 11.8. The number of hydrogen-bond acceptors (Lipinski definition) is 8. The fourth-order valence-electron chi connectivity index (χ4n) is 9.37. The summed E-state index contributed by atoms with van der Waals surface area (Å²) in [6.45, 7) is 4.11. The van der Waals surface area contributed by atoms with Gasteiger partial charge < -0.3 is 14.6 Å². The summed E-state index contributed by atoms with van der Waals surface area (Å²) in [7, 11) is 1.54. The molecule has 0 radical (unpaired) electrons. The molecule has 2 heterocycles. The molecule has 4 aromatic carbocycles. The van der Waals surface area contributed by atoms with Gasteiger partial charge in [0.1, 0.15) is 5.75 Å². The molecule has 282 valence electrons. The van der Waals surface area contributed by atoms with Crippen LogP contribution in [0, 0.1) is 23.7 Å². The summed E-state index contributed by atoms with van der Waals surface area (Å²) in [6.07, 6.45) is 3.08. The number of anilines is 2. The number of carbonyl (C=O) groups excluding carboxylic acids is 4. The number of phenolic OH excluding ortho intramolecular Hbond substituents is 1. The van der Waals surface area contributed by atoms with E-state index in [1.807, 2.05) is 25.1 Å². The molecule has 6 unspecified atom stereocenters. The Kier molecular flexibility index (Phi) is 9.38. The van der Waals surface area contributed by atoms with Crippen molar-refractivity contribution in [3.63, 3.8) is 0 Å². The molecule has 4 aliphatic rings. The number of nitrogens with zero attached hydrogens (tertiary/aromatic N) is 2. The van der Waals surface area contributed by atoms with Gasteiger partial charge in [-0.15, -0.1) is 0 Å². The number of amides is 4. The topological polar surface area (TPSA) is 125 Å². The number of benzene rings is 4. The molecule has 10 nitrogen and oxygen atoms in total. The lowest BCUT2D eigenvalue weighted by Gasteiger charge is -2.50. The maximum absolute atomic E-state index is 15.5. The Morgan fingerprint density at radius 3 is 2.31 bits per heavy atom. The van der Waals surface area contributed by atoms with Gasteiger partial charge in [-0.25, -0.2) is 0 Å². The largest absolute Gasteiger partial charge is 0.504 e. The van der Waals surface area contributed by atoms with Crippen molar-refractivity contribution in [3.05, 3.63) is 123 Å². The number of rotatable bonds is 9. The van der Waals surface area contributed by atoms with Crippen LogP contribution in [0.15, 0.2) is 96.6 Å². The second-order valence-electron chi connectivity index (χ2n) is 14.4. The first-order chi connectivity index (χ1) is 26.5. The summed E-state index contributed by atoms with van der Waals surface area (Å²) in [5.41, 5.74) is 4.79. The van der Waals surface area contributed by atoms with E-state index in [0.717, 1.165) is 17.0 Å². The summed E-state index contributed by atoms with van der Waals surface area (Å²) in [5, 5.41) is 13.6. The van der Waals surface area contributed by atoms with Gasteiger partial charge in [-0.2, -0.15) is 5.01 Å². The Labute approximate surface area is 328 Å². The van der Waals surface area contributed by atoms with Crippen LogP contribution in [-0.2, 0) is 31.0 Å². The molecule has 3 fully saturated rings. The average molecular weight is 781 g/mol. The van der Waals surface area contributed by atoms with Crippen LogP contribution in [0.2, 0.25) is 10.0 Å². The number of carbonyl (C=O) groups is 4. The van der Waals surface area contributed by atoms with Crippen molar-refractivity contribution >= 4 is 58.2 Å². The highest BCUT2D eigenvalue weighted by Gasteiger charge is 2.70. The number of methoxy groups -OCH3 is 1. The molecule has 2 N–H and O–H groups in total. The highest BCUT2D eigenvalue weighted by atomic mass is 35.5. The monoisotopic (exact) mass is 779 g/mol. The van der Waals surface area contributed by atoms with Crippen molar-refractivity contribution in [1.82, 2.24) is 5.01 Å². The van der Waals surface area contributed by atoms with Gasteiger partial charge in [0.2, 0.25) is 11.8 Å². The molecule has 55 heavy (non-hydrogen) atoms. The van der Waals surface area contributed by atoms with E-state index in [1.165, 1.54) is 18.1 Å². The molecule has 0 aromatic heterocycles. The first-order valence-electron chi connectivity index (χ1n) is 18.4. The number of nitrogens with one attached hydrogen (secondary N) is 1. The van der Waals surface area contributed by atoms with Crippen LogP contribution in [0.25, 0.3) is 0 Å². The summed E-state index contributed by atoms with van der Waals surface area (Å²) < 4.78 is 11.3. The summed E-state index contributed by atoms with van der Waals surface area (Å²) in [6, 6.07) is 24.2. The number of imide groups is 2. The molecule has 2 saturated heterocycles. The SMILES string of the molecule is CCOc1cccc(C2C3=CCC4C(=O)N(c5ccc(CC)cc5)C(=O)C4C3CC3C(=O)N(Nc4ccc(Cl)cc4Cl)C(=O)C32c2ccc(OC)cc2)c1O. The number of halogens is 2. The molecule has 2 aliphatic heterocycles. The number of allylic oxidation sites excluding steroid dienone is 2. The maximum Gasteiger partial charge on any atom is 0.260 e. The van der Waals surface area contributed by atoms with Gasteiger partial charge in [0.05, 0.1) is 53.3 Å². The van der Waals surface area contributed by atoms with E-state index in [0.29, 0.717) is 33.2 Å². The molecule has 6 atom stereocenters. The number of ether oxygens (including phenoxy) is 2. The van der Waals surface area contributed by atoms with Gasteiger partial charge in [0, 0.05) is 16.5 Å². The van der Waals surface area contributed by atoms with Gasteiger partial charge in [0.15, 0.2) is 11.5 Å². The molecule has 2 aliphatic carbocycles. The van der Waals surface area contributed by atoms with Gasteiger partial charge in [-0.05, 0) is 91.8 Å². The molecular formula is C43H39Cl2N3O7. The van der Waals surface area contributed by atoms with E-state index in [1.54, 1.807) is 73.7 Å². The Balaban J connectivity index is 1.34. The first kappa shape index (κ1) is 36.6. The van der Waals surface area contributed by atoms with Gasteiger partial charge >= 0.3 is 0 Å². The second-order valence-corrected chi connectivity index (χ2v) is 15.2. The Morgan fingerprint density at radius 1 is 0.891 bits per heavy atom. The number of phenols is 1. The highest BCUT2D eigenvalue weighted by molar-refractivity contribution is 6.36. The van der Waals surface area contributed by atoms with Crippen molar-refractivity contribution in [1.29, 1.82) is 0 Å². The number of para-hydroxylation sites is 1. The van der Waals surface area contributed by atoms with Gasteiger partial charge in [-0.1, -0.05) is 78.2 Å². The van der Waals surface area contributed by atoms with E-state index < -0.39 is 46.8 Å². The normalized spacial score (nSPS) is 25.7. The Morgan fingerprint density at radius 2 is 1.64 bits per heavy atom. The summed E-state index contributed by atoms with van der Waals surface area (Å²) >= 11 is 12.8. The van der Waals surface area contributed by atoms with Crippen LogP contribution in [0.5, 0.6) is 17.2 Å². The highest BCUT2D eigenvalue weighted by Crippen LogP contribution is 2.65. The zero-order chi connectivity index (χ0) is 38.8. The number of hydrogen-bond donors (Lipinski definition) is 2.